The summed E-state index contributed by atoms with van der Waals surface area (Å²) in [7, 11) is 1.93. The van der Waals surface area contributed by atoms with Gasteiger partial charge in [-0.3, -0.25) is 14.5 Å². The number of benzene rings is 2. The van der Waals surface area contributed by atoms with Crippen LogP contribution < -0.4 is 15.1 Å². The van der Waals surface area contributed by atoms with Gasteiger partial charge in [0.2, 0.25) is 11.8 Å². The molecule has 3 aliphatic rings. The van der Waals surface area contributed by atoms with Crippen LogP contribution >= 0.6 is 0 Å². The van der Waals surface area contributed by atoms with Gasteiger partial charge in [-0.15, -0.1) is 0 Å². The lowest BCUT2D eigenvalue weighted by Crippen LogP contribution is -2.48. The highest BCUT2D eigenvalue weighted by molar-refractivity contribution is 5.98. The SMILES string of the molecule is CCC(CC)C(=O)Nc1ccc(N2CCN(C3c4ccccc4N(C)C(=O)C4CC43)CC2)c(C)c1. The van der Waals surface area contributed by atoms with E-state index in [0.29, 0.717) is 12.0 Å². The van der Waals surface area contributed by atoms with Gasteiger partial charge in [-0.1, -0.05) is 32.0 Å². The van der Waals surface area contributed by atoms with Crippen LogP contribution in [-0.4, -0.2) is 49.9 Å². The highest BCUT2D eigenvalue weighted by atomic mass is 16.2. The van der Waals surface area contributed by atoms with Crippen LogP contribution in [0.15, 0.2) is 42.5 Å². The summed E-state index contributed by atoms with van der Waals surface area (Å²) in [6, 6.07) is 15.1. The average Bonchev–Trinajstić information content (AvgIpc) is 3.66. The van der Waals surface area contributed by atoms with Crippen LogP contribution in [0.3, 0.4) is 0 Å². The Morgan fingerprint density at radius 2 is 1.74 bits per heavy atom. The molecule has 3 unspecified atom stereocenters. The summed E-state index contributed by atoms with van der Waals surface area (Å²) in [5.74, 6) is 1.05. The third kappa shape index (κ3) is 4.44. The first-order chi connectivity index (χ1) is 16.9. The molecule has 2 aromatic carbocycles. The number of piperazine rings is 1. The first-order valence-electron chi connectivity index (χ1n) is 13.2. The molecule has 1 saturated heterocycles. The highest BCUT2D eigenvalue weighted by Crippen LogP contribution is 2.55. The van der Waals surface area contributed by atoms with E-state index < -0.39 is 0 Å². The van der Waals surface area contributed by atoms with Crippen molar-refractivity contribution >= 4 is 28.9 Å². The molecule has 6 heteroatoms. The van der Waals surface area contributed by atoms with Crippen LogP contribution in [0.2, 0.25) is 0 Å². The number of rotatable bonds is 6. The van der Waals surface area contributed by atoms with Crippen molar-refractivity contribution in [3.8, 4) is 0 Å². The molecule has 2 fully saturated rings. The minimum atomic E-state index is 0.0679. The topological polar surface area (TPSA) is 55.9 Å². The Kier molecular flexibility index (Phi) is 6.58. The quantitative estimate of drug-likeness (QED) is 0.651. The molecule has 2 amide bonds. The summed E-state index contributed by atoms with van der Waals surface area (Å²) < 4.78 is 0. The van der Waals surface area contributed by atoms with Crippen molar-refractivity contribution in [1.82, 2.24) is 4.90 Å². The number of carbonyl (C=O) groups excluding carboxylic acids is 2. The van der Waals surface area contributed by atoms with Crippen LogP contribution in [0.4, 0.5) is 17.1 Å². The molecule has 0 radical (unpaired) electrons. The van der Waals surface area contributed by atoms with Gasteiger partial charge in [0, 0.05) is 68.2 Å². The van der Waals surface area contributed by atoms with Crippen LogP contribution in [-0.2, 0) is 9.59 Å². The summed E-state index contributed by atoms with van der Waals surface area (Å²) in [5, 5.41) is 3.10. The lowest BCUT2D eigenvalue weighted by molar-refractivity contribution is -0.120. The predicted octanol–water partition coefficient (Wildman–Crippen LogP) is 4.85. The maximum atomic E-state index is 12.9. The Morgan fingerprint density at radius 1 is 1.03 bits per heavy atom. The van der Waals surface area contributed by atoms with Gasteiger partial charge in [0.15, 0.2) is 0 Å². The zero-order valence-electron chi connectivity index (χ0n) is 21.5. The van der Waals surface area contributed by atoms with E-state index in [4.69, 9.17) is 0 Å². The number of nitrogens with one attached hydrogen (secondary N) is 1. The van der Waals surface area contributed by atoms with Gasteiger partial charge < -0.3 is 15.1 Å². The molecular formula is C29H38N4O2. The number of hydrogen-bond acceptors (Lipinski definition) is 4. The molecule has 2 aromatic rings. The molecular weight excluding hydrogens is 436 g/mol. The zero-order valence-corrected chi connectivity index (χ0v) is 21.5. The number of carbonyl (C=O) groups is 2. The molecule has 0 bridgehead atoms. The fourth-order valence-electron chi connectivity index (χ4n) is 6.19. The minimum Gasteiger partial charge on any atom is -0.369 e. The van der Waals surface area contributed by atoms with Crippen molar-refractivity contribution in [3.05, 3.63) is 53.6 Å². The Bertz CT molecular complexity index is 1100. The summed E-state index contributed by atoms with van der Waals surface area (Å²) >= 11 is 0. The van der Waals surface area contributed by atoms with Crippen molar-refractivity contribution in [2.75, 3.05) is 48.3 Å². The second-order valence-corrected chi connectivity index (χ2v) is 10.4. The Balaban J connectivity index is 1.28. The third-order valence-corrected chi connectivity index (χ3v) is 8.38. The molecule has 0 spiro atoms. The Morgan fingerprint density at radius 3 is 2.43 bits per heavy atom. The van der Waals surface area contributed by atoms with E-state index in [1.807, 2.05) is 24.1 Å². The van der Waals surface area contributed by atoms with Crippen LogP contribution in [0, 0.1) is 24.7 Å². The molecule has 2 heterocycles. The van der Waals surface area contributed by atoms with Crippen LogP contribution in [0.1, 0.15) is 50.3 Å². The second kappa shape index (κ2) is 9.65. The fourth-order valence-corrected chi connectivity index (χ4v) is 6.19. The molecule has 1 saturated carbocycles. The maximum Gasteiger partial charge on any atom is 0.230 e. The van der Waals surface area contributed by atoms with Crippen molar-refractivity contribution < 1.29 is 9.59 Å². The molecule has 0 aromatic heterocycles. The van der Waals surface area contributed by atoms with Crippen molar-refractivity contribution in [1.29, 1.82) is 0 Å². The summed E-state index contributed by atoms with van der Waals surface area (Å²) in [4.78, 5) is 32.3. The van der Waals surface area contributed by atoms with Gasteiger partial charge in [-0.25, -0.2) is 0 Å². The van der Waals surface area contributed by atoms with Crippen molar-refractivity contribution in [2.24, 2.45) is 17.8 Å². The first kappa shape index (κ1) is 23.9. The summed E-state index contributed by atoms with van der Waals surface area (Å²) in [6.45, 7) is 10.1. The van der Waals surface area contributed by atoms with Gasteiger partial charge in [0.25, 0.3) is 0 Å². The lowest BCUT2D eigenvalue weighted by atomic mass is 9.97. The number of amides is 2. The Hall–Kier alpha value is -2.86. The molecule has 6 nitrogen and oxygen atoms in total. The van der Waals surface area contributed by atoms with Crippen LogP contribution in [0.5, 0.6) is 0 Å². The van der Waals surface area contributed by atoms with E-state index in [-0.39, 0.29) is 23.7 Å². The van der Waals surface area contributed by atoms with E-state index in [1.165, 1.54) is 16.8 Å². The third-order valence-electron chi connectivity index (χ3n) is 8.38. The Labute approximate surface area is 209 Å². The smallest absolute Gasteiger partial charge is 0.230 e. The summed E-state index contributed by atoms with van der Waals surface area (Å²) in [6.07, 6.45) is 2.73. The lowest BCUT2D eigenvalue weighted by Gasteiger charge is -2.41. The van der Waals surface area contributed by atoms with E-state index in [0.717, 1.165) is 56.8 Å². The van der Waals surface area contributed by atoms with Gasteiger partial charge in [0.05, 0.1) is 0 Å². The van der Waals surface area contributed by atoms with E-state index >= 15 is 0 Å². The normalized spacial score (nSPS) is 24.1. The minimum absolute atomic E-state index is 0.0679. The van der Waals surface area contributed by atoms with Gasteiger partial charge in [-0.2, -0.15) is 0 Å². The molecule has 186 valence electrons. The van der Waals surface area contributed by atoms with Gasteiger partial charge in [0.1, 0.15) is 0 Å². The maximum absolute atomic E-state index is 12.9. The van der Waals surface area contributed by atoms with Crippen LogP contribution in [0.25, 0.3) is 0 Å². The number of para-hydroxylation sites is 1. The monoisotopic (exact) mass is 474 g/mol. The number of aryl methyl sites for hydroxylation is 1. The molecule has 5 rings (SSSR count). The largest absolute Gasteiger partial charge is 0.369 e. The summed E-state index contributed by atoms with van der Waals surface area (Å²) in [5.41, 5.74) is 5.68. The number of hydrogen-bond donors (Lipinski definition) is 1. The fraction of sp³-hybridized carbons (Fsp3) is 0.517. The molecule has 35 heavy (non-hydrogen) atoms. The second-order valence-electron chi connectivity index (χ2n) is 10.4. The van der Waals surface area contributed by atoms with Crippen molar-refractivity contribution in [2.45, 2.75) is 46.1 Å². The average molecular weight is 475 g/mol. The predicted molar refractivity (Wildman–Crippen MR) is 142 cm³/mol. The number of fused-ring (bicyclic) bond motifs is 2. The standard InChI is InChI=1S/C29H38N4O2/c1-5-20(6-2)28(34)30-21-11-12-25(19(3)17-21)32-13-15-33(16-14-32)27-22-9-7-8-10-26(22)31(4)29(35)24-18-23(24)27/h7-12,17,20,23-24,27H,5-6,13-16,18H2,1-4H3,(H,30,34). The zero-order chi connectivity index (χ0) is 24.7. The number of nitrogens with zero attached hydrogens (tertiary/aromatic N) is 3. The number of anilines is 3. The first-order valence-corrected chi connectivity index (χ1v) is 13.2. The van der Waals surface area contributed by atoms with Crippen molar-refractivity contribution in [3.63, 3.8) is 0 Å². The van der Waals surface area contributed by atoms with E-state index in [1.54, 1.807) is 0 Å². The van der Waals surface area contributed by atoms with Gasteiger partial charge in [-0.05, 0) is 67.5 Å². The van der Waals surface area contributed by atoms with E-state index in [9.17, 15) is 9.59 Å². The van der Waals surface area contributed by atoms with E-state index in [2.05, 4.69) is 66.2 Å². The highest BCUT2D eigenvalue weighted by Gasteiger charge is 2.54. The molecule has 1 aliphatic carbocycles. The molecule has 3 atom stereocenters. The molecule has 1 N–H and O–H groups in total. The molecule has 2 aliphatic heterocycles. The van der Waals surface area contributed by atoms with Gasteiger partial charge >= 0.3 is 0 Å².